The average molecular weight is 304 g/mol. The molecule has 0 aliphatic heterocycles. The summed E-state index contributed by atoms with van der Waals surface area (Å²) in [5.41, 5.74) is 1.48. The summed E-state index contributed by atoms with van der Waals surface area (Å²) in [5, 5.41) is 6.31. The van der Waals surface area contributed by atoms with Crippen molar-refractivity contribution in [2.75, 3.05) is 38.1 Å². The van der Waals surface area contributed by atoms with E-state index in [9.17, 15) is 4.79 Å². The van der Waals surface area contributed by atoms with E-state index in [2.05, 4.69) is 27.4 Å². The number of hydrogen-bond acceptors (Lipinski definition) is 4. The van der Waals surface area contributed by atoms with Crippen LogP contribution >= 0.6 is 0 Å². The minimum Gasteiger partial charge on any atom is -0.360 e. The van der Waals surface area contributed by atoms with E-state index in [0.29, 0.717) is 11.6 Å². The summed E-state index contributed by atoms with van der Waals surface area (Å²) in [7, 11) is 2.02. The summed E-state index contributed by atoms with van der Waals surface area (Å²) >= 11 is 0. The number of anilines is 1. The van der Waals surface area contributed by atoms with E-state index in [1.54, 1.807) is 0 Å². The molecule has 2 N–H and O–H groups in total. The fourth-order valence-corrected chi connectivity index (χ4v) is 2.34. The van der Waals surface area contributed by atoms with E-state index < -0.39 is 0 Å². The van der Waals surface area contributed by atoms with Crippen molar-refractivity contribution in [2.45, 2.75) is 33.1 Å². The number of aromatic nitrogens is 1. The van der Waals surface area contributed by atoms with Crippen molar-refractivity contribution < 1.29 is 4.79 Å². The summed E-state index contributed by atoms with van der Waals surface area (Å²) < 4.78 is 0. The minimum atomic E-state index is -0.0488. The van der Waals surface area contributed by atoms with Gasteiger partial charge in [-0.1, -0.05) is 13.0 Å². The highest BCUT2D eigenvalue weighted by Gasteiger charge is 2.22. The van der Waals surface area contributed by atoms with Gasteiger partial charge in [-0.2, -0.15) is 0 Å². The third-order valence-corrected chi connectivity index (χ3v) is 4.03. The molecule has 1 saturated carbocycles. The third-order valence-electron chi connectivity index (χ3n) is 4.03. The summed E-state index contributed by atoms with van der Waals surface area (Å²) in [6, 6.07) is 3.97. The van der Waals surface area contributed by atoms with E-state index in [1.807, 2.05) is 26.1 Å². The zero-order valence-corrected chi connectivity index (χ0v) is 14.0. The molecule has 22 heavy (non-hydrogen) atoms. The Balaban J connectivity index is 1.93. The molecule has 0 aromatic carbocycles. The zero-order valence-electron chi connectivity index (χ0n) is 14.0. The van der Waals surface area contributed by atoms with Crippen molar-refractivity contribution in [3.63, 3.8) is 0 Å². The summed E-state index contributed by atoms with van der Waals surface area (Å²) in [5.74, 6) is 1.49. The molecule has 1 aromatic heterocycles. The topological polar surface area (TPSA) is 57.3 Å². The van der Waals surface area contributed by atoms with Gasteiger partial charge in [0.1, 0.15) is 11.5 Å². The van der Waals surface area contributed by atoms with Crippen LogP contribution in [0.3, 0.4) is 0 Å². The molecule has 0 spiro atoms. The van der Waals surface area contributed by atoms with Gasteiger partial charge in [0.2, 0.25) is 0 Å². The molecule has 1 heterocycles. The normalized spacial score (nSPS) is 14.0. The average Bonchev–Trinajstić information content (AvgIpc) is 3.33. The van der Waals surface area contributed by atoms with Crippen LogP contribution in [0.4, 0.5) is 5.82 Å². The molecular weight excluding hydrogens is 276 g/mol. The fourth-order valence-electron chi connectivity index (χ4n) is 2.34. The van der Waals surface area contributed by atoms with Crippen molar-refractivity contribution in [1.29, 1.82) is 0 Å². The number of rotatable bonds is 9. The first-order valence-corrected chi connectivity index (χ1v) is 8.29. The second kappa shape index (κ2) is 8.13. The van der Waals surface area contributed by atoms with Gasteiger partial charge in [-0.3, -0.25) is 4.79 Å². The highest BCUT2D eigenvalue weighted by molar-refractivity contribution is 5.94. The highest BCUT2D eigenvalue weighted by atomic mass is 16.1. The number of pyridine rings is 1. The molecule has 0 radical (unpaired) electrons. The lowest BCUT2D eigenvalue weighted by Crippen LogP contribution is -2.29. The Hall–Kier alpha value is -1.62. The van der Waals surface area contributed by atoms with E-state index in [0.717, 1.165) is 44.0 Å². The Bertz CT molecular complexity index is 499. The van der Waals surface area contributed by atoms with Crippen molar-refractivity contribution in [2.24, 2.45) is 5.92 Å². The Morgan fingerprint density at radius 3 is 2.86 bits per heavy atom. The van der Waals surface area contributed by atoms with Gasteiger partial charge >= 0.3 is 0 Å². The van der Waals surface area contributed by atoms with Crippen molar-refractivity contribution >= 4 is 11.7 Å². The standard InChI is InChI=1S/C17H28N4O/c1-4-18-10-5-11-21(3)15-9-6-13(2)16(20-15)17(22)19-12-14-7-8-14/h6,9,14,18H,4-5,7-8,10-12H2,1-3H3,(H,19,22). The second-order valence-electron chi connectivity index (χ2n) is 6.12. The molecule has 1 aliphatic carbocycles. The van der Waals surface area contributed by atoms with Gasteiger partial charge in [0.25, 0.3) is 5.91 Å². The SMILES string of the molecule is CCNCCCN(C)c1ccc(C)c(C(=O)NCC2CC2)n1. The fraction of sp³-hybridized carbons (Fsp3) is 0.647. The number of nitrogens with one attached hydrogen (secondary N) is 2. The van der Waals surface area contributed by atoms with Crippen molar-refractivity contribution in [3.05, 3.63) is 23.4 Å². The molecular formula is C17H28N4O. The van der Waals surface area contributed by atoms with Gasteiger partial charge in [0.05, 0.1) is 0 Å². The van der Waals surface area contributed by atoms with Crippen molar-refractivity contribution in [3.8, 4) is 0 Å². The lowest BCUT2D eigenvalue weighted by Gasteiger charge is -2.19. The van der Waals surface area contributed by atoms with Crippen LogP contribution < -0.4 is 15.5 Å². The van der Waals surface area contributed by atoms with Gasteiger partial charge in [-0.25, -0.2) is 4.98 Å². The smallest absolute Gasteiger partial charge is 0.270 e. The molecule has 1 fully saturated rings. The van der Waals surface area contributed by atoms with Crippen LogP contribution in [0.5, 0.6) is 0 Å². The zero-order chi connectivity index (χ0) is 15.9. The van der Waals surface area contributed by atoms with Gasteiger partial charge in [0.15, 0.2) is 0 Å². The highest BCUT2D eigenvalue weighted by Crippen LogP contribution is 2.27. The van der Waals surface area contributed by atoms with Gasteiger partial charge < -0.3 is 15.5 Å². The number of nitrogens with zero attached hydrogens (tertiary/aromatic N) is 2. The predicted octanol–water partition coefficient (Wildman–Crippen LogP) is 1.97. The third kappa shape index (κ3) is 4.98. The lowest BCUT2D eigenvalue weighted by molar-refractivity contribution is 0.0946. The lowest BCUT2D eigenvalue weighted by atomic mass is 10.2. The molecule has 1 aromatic rings. The Labute approximate surface area is 133 Å². The van der Waals surface area contributed by atoms with Crippen LogP contribution in [0.2, 0.25) is 0 Å². The predicted molar refractivity (Wildman–Crippen MR) is 90.5 cm³/mol. The van der Waals surface area contributed by atoms with Gasteiger partial charge in [-0.15, -0.1) is 0 Å². The Morgan fingerprint density at radius 1 is 1.41 bits per heavy atom. The van der Waals surface area contributed by atoms with E-state index in [1.165, 1.54) is 12.8 Å². The van der Waals surface area contributed by atoms with Crippen LogP contribution in [0.25, 0.3) is 0 Å². The number of amides is 1. The summed E-state index contributed by atoms with van der Waals surface area (Å²) in [6.07, 6.45) is 3.53. The summed E-state index contributed by atoms with van der Waals surface area (Å²) in [6.45, 7) is 7.75. The molecule has 0 bridgehead atoms. The summed E-state index contributed by atoms with van der Waals surface area (Å²) in [4.78, 5) is 18.9. The van der Waals surface area contributed by atoms with Crippen LogP contribution in [0.1, 0.15) is 42.2 Å². The maximum Gasteiger partial charge on any atom is 0.270 e. The molecule has 5 heteroatoms. The Morgan fingerprint density at radius 2 is 2.18 bits per heavy atom. The molecule has 2 rings (SSSR count). The molecule has 0 unspecified atom stereocenters. The number of hydrogen-bond donors (Lipinski definition) is 2. The first-order chi connectivity index (χ1) is 10.6. The first kappa shape index (κ1) is 16.7. The number of carbonyl (C=O) groups is 1. The molecule has 0 atom stereocenters. The first-order valence-electron chi connectivity index (χ1n) is 8.29. The molecule has 1 amide bonds. The van der Waals surface area contributed by atoms with E-state index >= 15 is 0 Å². The second-order valence-corrected chi connectivity index (χ2v) is 6.12. The maximum atomic E-state index is 12.3. The molecule has 1 aliphatic rings. The largest absolute Gasteiger partial charge is 0.360 e. The minimum absolute atomic E-state index is 0.0488. The molecule has 5 nitrogen and oxygen atoms in total. The quantitative estimate of drug-likeness (QED) is 0.685. The van der Waals surface area contributed by atoms with E-state index in [-0.39, 0.29) is 5.91 Å². The van der Waals surface area contributed by atoms with Gasteiger partial charge in [-0.05, 0) is 56.8 Å². The van der Waals surface area contributed by atoms with Crippen molar-refractivity contribution in [1.82, 2.24) is 15.6 Å². The maximum absolute atomic E-state index is 12.3. The van der Waals surface area contributed by atoms with E-state index in [4.69, 9.17) is 0 Å². The number of carbonyl (C=O) groups excluding carboxylic acids is 1. The van der Waals surface area contributed by atoms with Crippen LogP contribution in [-0.4, -0.2) is 44.1 Å². The Kier molecular flexibility index (Phi) is 6.19. The van der Waals surface area contributed by atoms with Crippen LogP contribution in [-0.2, 0) is 0 Å². The number of aryl methyl sites for hydroxylation is 1. The van der Waals surface area contributed by atoms with Crippen LogP contribution in [0, 0.1) is 12.8 Å². The monoisotopic (exact) mass is 304 g/mol. The molecule has 0 saturated heterocycles. The van der Waals surface area contributed by atoms with Crippen LogP contribution in [0.15, 0.2) is 12.1 Å². The molecule has 122 valence electrons. The van der Waals surface area contributed by atoms with Gasteiger partial charge in [0, 0.05) is 20.1 Å².